The van der Waals surface area contributed by atoms with Crippen LogP contribution in [-0.2, 0) is 0 Å². The van der Waals surface area contributed by atoms with Gasteiger partial charge in [-0.1, -0.05) is 75.9 Å². The molecule has 2 aromatic rings. The highest BCUT2D eigenvalue weighted by Crippen LogP contribution is 2.39. The van der Waals surface area contributed by atoms with Crippen molar-refractivity contribution in [1.82, 2.24) is 0 Å². The molecular formula is C26H33I. The molecule has 0 N–H and O–H groups in total. The first kappa shape index (κ1) is 19.5. The highest BCUT2D eigenvalue weighted by atomic mass is 127. The van der Waals surface area contributed by atoms with Crippen LogP contribution in [0.2, 0.25) is 0 Å². The lowest BCUT2D eigenvalue weighted by Crippen LogP contribution is -2.11. The summed E-state index contributed by atoms with van der Waals surface area (Å²) in [6, 6.07) is 16.7. The zero-order valence-electron chi connectivity index (χ0n) is 16.9. The Labute approximate surface area is 179 Å². The maximum Gasteiger partial charge on any atom is 0.0211 e. The van der Waals surface area contributed by atoms with Crippen LogP contribution in [0.15, 0.2) is 42.5 Å². The Kier molecular flexibility index (Phi) is 6.26. The average molecular weight is 472 g/mol. The SMILES string of the molecule is CC1CCC(c2ccc(-c3ccc(C4CCC(C)CC4)cc3I)cc2)CC1. The quantitative estimate of drug-likeness (QED) is 0.393. The van der Waals surface area contributed by atoms with Crippen molar-refractivity contribution in [1.29, 1.82) is 0 Å². The monoisotopic (exact) mass is 472 g/mol. The second-order valence-electron chi connectivity index (χ2n) is 9.27. The van der Waals surface area contributed by atoms with Crippen molar-refractivity contribution in [3.05, 3.63) is 57.2 Å². The number of benzene rings is 2. The van der Waals surface area contributed by atoms with Gasteiger partial charge >= 0.3 is 0 Å². The summed E-state index contributed by atoms with van der Waals surface area (Å²) in [6.07, 6.45) is 11.0. The summed E-state index contributed by atoms with van der Waals surface area (Å²) in [7, 11) is 0. The lowest BCUT2D eigenvalue weighted by atomic mass is 9.79. The minimum atomic E-state index is 0.778. The van der Waals surface area contributed by atoms with Crippen LogP contribution in [0.25, 0.3) is 11.1 Å². The third-order valence-corrected chi connectivity index (χ3v) is 8.08. The van der Waals surface area contributed by atoms with E-state index >= 15 is 0 Å². The van der Waals surface area contributed by atoms with Crippen LogP contribution in [-0.4, -0.2) is 0 Å². The molecule has 2 aliphatic carbocycles. The third-order valence-electron chi connectivity index (χ3n) is 7.19. The van der Waals surface area contributed by atoms with E-state index in [1.165, 1.54) is 66.1 Å². The molecule has 0 spiro atoms. The van der Waals surface area contributed by atoms with Crippen LogP contribution in [0, 0.1) is 15.4 Å². The highest BCUT2D eigenvalue weighted by molar-refractivity contribution is 14.1. The molecule has 0 heterocycles. The Bertz CT molecular complexity index is 744. The van der Waals surface area contributed by atoms with Crippen molar-refractivity contribution in [3.63, 3.8) is 0 Å². The first-order valence-corrected chi connectivity index (χ1v) is 12.1. The van der Waals surface area contributed by atoms with Crippen molar-refractivity contribution < 1.29 is 0 Å². The molecule has 2 saturated carbocycles. The van der Waals surface area contributed by atoms with Gasteiger partial charge in [0.2, 0.25) is 0 Å². The van der Waals surface area contributed by atoms with Gasteiger partial charge < -0.3 is 0 Å². The zero-order valence-corrected chi connectivity index (χ0v) is 19.0. The van der Waals surface area contributed by atoms with E-state index in [-0.39, 0.29) is 0 Å². The van der Waals surface area contributed by atoms with E-state index in [9.17, 15) is 0 Å². The fourth-order valence-corrected chi connectivity index (χ4v) is 5.99. The van der Waals surface area contributed by atoms with Crippen LogP contribution in [0.3, 0.4) is 0 Å². The molecule has 0 radical (unpaired) electrons. The second kappa shape index (κ2) is 8.68. The summed E-state index contributed by atoms with van der Waals surface area (Å²) >= 11 is 2.54. The Hall–Kier alpha value is -0.830. The Balaban J connectivity index is 1.48. The van der Waals surface area contributed by atoms with E-state index < -0.39 is 0 Å². The standard InChI is InChI=1S/C26H33I/c1-18-3-7-20(8-4-18)21-11-13-23(14-12-21)25-16-15-24(17-26(25)27)22-9-5-19(2)6-10-22/h11-20,22H,3-10H2,1-2H3. The first-order valence-electron chi connectivity index (χ1n) is 11.0. The van der Waals surface area contributed by atoms with E-state index in [4.69, 9.17) is 0 Å². The summed E-state index contributed by atoms with van der Waals surface area (Å²) < 4.78 is 1.41. The van der Waals surface area contributed by atoms with Crippen molar-refractivity contribution >= 4 is 22.6 Å². The van der Waals surface area contributed by atoms with Crippen LogP contribution in [0.1, 0.15) is 88.2 Å². The fourth-order valence-electron chi connectivity index (χ4n) is 5.14. The van der Waals surface area contributed by atoms with Crippen molar-refractivity contribution in [2.24, 2.45) is 11.8 Å². The molecule has 144 valence electrons. The molecule has 0 aromatic heterocycles. The van der Waals surface area contributed by atoms with Crippen molar-refractivity contribution in [2.45, 2.75) is 77.0 Å². The Morgan fingerprint density at radius 1 is 0.630 bits per heavy atom. The van der Waals surface area contributed by atoms with E-state index in [1.54, 1.807) is 11.1 Å². The van der Waals surface area contributed by atoms with Gasteiger partial charge in [0.15, 0.2) is 0 Å². The molecule has 0 nitrogen and oxygen atoms in total. The Morgan fingerprint density at radius 2 is 1.11 bits per heavy atom. The molecule has 0 atom stereocenters. The molecule has 2 fully saturated rings. The molecule has 0 aliphatic heterocycles. The molecule has 4 rings (SSSR count). The van der Waals surface area contributed by atoms with Crippen LogP contribution >= 0.6 is 22.6 Å². The topological polar surface area (TPSA) is 0 Å². The predicted molar refractivity (Wildman–Crippen MR) is 125 cm³/mol. The van der Waals surface area contributed by atoms with Gasteiger partial charge in [0.1, 0.15) is 0 Å². The number of rotatable bonds is 3. The molecule has 27 heavy (non-hydrogen) atoms. The van der Waals surface area contributed by atoms with Gasteiger partial charge in [-0.3, -0.25) is 0 Å². The van der Waals surface area contributed by atoms with Gasteiger partial charge in [-0.2, -0.15) is 0 Å². The molecular weight excluding hydrogens is 439 g/mol. The lowest BCUT2D eigenvalue weighted by molar-refractivity contribution is 0.348. The van der Waals surface area contributed by atoms with E-state index in [2.05, 4.69) is 78.9 Å². The normalized spacial score (nSPS) is 28.9. The summed E-state index contributed by atoms with van der Waals surface area (Å²) in [5, 5.41) is 0. The van der Waals surface area contributed by atoms with E-state index in [0.717, 1.165) is 23.7 Å². The van der Waals surface area contributed by atoms with Gasteiger partial charge in [-0.15, -0.1) is 0 Å². The Morgan fingerprint density at radius 3 is 1.63 bits per heavy atom. The van der Waals surface area contributed by atoms with E-state index in [1.807, 2.05) is 0 Å². The number of hydrogen-bond donors (Lipinski definition) is 0. The lowest BCUT2D eigenvalue weighted by Gasteiger charge is -2.27. The van der Waals surface area contributed by atoms with Gasteiger partial charge in [-0.05, 0) is 100 Å². The number of hydrogen-bond acceptors (Lipinski definition) is 0. The van der Waals surface area contributed by atoms with Gasteiger partial charge in [0, 0.05) is 3.57 Å². The molecule has 0 bridgehead atoms. The minimum Gasteiger partial charge on any atom is -0.0625 e. The summed E-state index contributed by atoms with van der Waals surface area (Å²) in [4.78, 5) is 0. The molecule has 2 aromatic carbocycles. The predicted octanol–water partition coefficient (Wildman–Crippen LogP) is 8.55. The van der Waals surface area contributed by atoms with Crippen LogP contribution in [0.4, 0.5) is 0 Å². The van der Waals surface area contributed by atoms with E-state index in [0.29, 0.717) is 0 Å². The zero-order chi connectivity index (χ0) is 18.8. The first-order chi connectivity index (χ1) is 13.1. The molecule has 0 saturated heterocycles. The van der Waals surface area contributed by atoms with Gasteiger partial charge in [-0.25, -0.2) is 0 Å². The molecule has 2 aliphatic rings. The fraction of sp³-hybridized carbons (Fsp3) is 0.538. The van der Waals surface area contributed by atoms with Crippen molar-refractivity contribution in [2.75, 3.05) is 0 Å². The maximum atomic E-state index is 2.54. The molecule has 0 amide bonds. The van der Waals surface area contributed by atoms with Gasteiger partial charge in [0.25, 0.3) is 0 Å². The van der Waals surface area contributed by atoms with Gasteiger partial charge in [0.05, 0.1) is 0 Å². The molecule has 1 heteroatoms. The highest BCUT2D eigenvalue weighted by Gasteiger charge is 2.21. The van der Waals surface area contributed by atoms with Crippen LogP contribution in [0.5, 0.6) is 0 Å². The second-order valence-corrected chi connectivity index (χ2v) is 10.4. The average Bonchev–Trinajstić information content (AvgIpc) is 2.69. The summed E-state index contributed by atoms with van der Waals surface area (Å²) in [5.41, 5.74) is 5.88. The maximum absolute atomic E-state index is 2.54. The largest absolute Gasteiger partial charge is 0.0625 e. The summed E-state index contributed by atoms with van der Waals surface area (Å²) in [6.45, 7) is 4.81. The molecule has 0 unspecified atom stereocenters. The third kappa shape index (κ3) is 4.60. The van der Waals surface area contributed by atoms with Crippen LogP contribution < -0.4 is 0 Å². The minimum absolute atomic E-state index is 0.778. The smallest absolute Gasteiger partial charge is 0.0211 e. The van der Waals surface area contributed by atoms with Crippen molar-refractivity contribution in [3.8, 4) is 11.1 Å². The summed E-state index contributed by atoms with van der Waals surface area (Å²) in [5.74, 6) is 3.41. The number of halogens is 1.